The summed E-state index contributed by atoms with van der Waals surface area (Å²) in [5.74, 6) is -1.05. The number of rotatable bonds is 3. The quantitative estimate of drug-likeness (QED) is 0.874. The largest absolute Gasteiger partial charge is 0.507 e. The first-order valence-electron chi connectivity index (χ1n) is 7.08. The van der Waals surface area contributed by atoms with Crippen molar-refractivity contribution in [2.75, 3.05) is 32.7 Å². The molecule has 3 N–H and O–H groups in total. The molecule has 0 saturated carbocycles. The average Bonchev–Trinajstić information content (AvgIpc) is 2.49. The van der Waals surface area contributed by atoms with E-state index in [4.69, 9.17) is 5.73 Å². The third-order valence-corrected chi connectivity index (χ3v) is 4.11. The van der Waals surface area contributed by atoms with Gasteiger partial charge in [0.1, 0.15) is 11.6 Å². The Bertz CT molecular complexity index is 526. The number of aromatic hydroxyl groups is 1. The van der Waals surface area contributed by atoms with Crippen molar-refractivity contribution in [2.24, 2.45) is 5.73 Å². The molecule has 1 fully saturated rings. The number of nitrogens with two attached hydrogens (primary N) is 1. The lowest BCUT2D eigenvalue weighted by Gasteiger charge is -2.43. The van der Waals surface area contributed by atoms with Crippen molar-refractivity contribution >= 4 is 5.91 Å². The van der Waals surface area contributed by atoms with Gasteiger partial charge in [0.25, 0.3) is 5.91 Å². The van der Waals surface area contributed by atoms with Crippen molar-refractivity contribution in [3.05, 3.63) is 29.6 Å². The van der Waals surface area contributed by atoms with E-state index >= 15 is 0 Å². The van der Waals surface area contributed by atoms with Gasteiger partial charge in [0.15, 0.2) is 0 Å². The van der Waals surface area contributed by atoms with Crippen molar-refractivity contribution in [1.29, 1.82) is 0 Å². The van der Waals surface area contributed by atoms with Crippen LogP contribution < -0.4 is 5.73 Å². The number of carbonyl (C=O) groups excluding carboxylic acids is 1. The fourth-order valence-corrected chi connectivity index (χ4v) is 2.49. The zero-order valence-electron chi connectivity index (χ0n) is 12.5. The number of piperazine rings is 1. The molecule has 0 unspecified atom stereocenters. The smallest absolute Gasteiger partial charge is 0.257 e. The first-order chi connectivity index (χ1) is 9.85. The number of nitrogens with zero attached hydrogens (tertiary/aromatic N) is 2. The lowest BCUT2D eigenvalue weighted by Crippen LogP contribution is -2.58. The van der Waals surface area contributed by atoms with Crippen LogP contribution in [-0.4, -0.2) is 59.1 Å². The first kappa shape index (κ1) is 15.7. The number of amides is 1. The number of halogens is 1. The Morgan fingerprint density at radius 2 is 1.95 bits per heavy atom. The van der Waals surface area contributed by atoms with E-state index in [1.807, 2.05) is 0 Å². The van der Waals surface area contributed by atoms with E-state index in [0.717, 1.165) is 12.1 Å². The summed E-state index contributed by atoms with van der Waals surface area (Å²) in [7, 11) is 0. The number of phenols is 1. The molecule has 2 rings (SSSR count). The second-order valence-corrected chi connectivity index (χ2v) is 5.96. The SMILES string of the molecule is CC(C)(CN)N1CCN(C(=O)c2cc(F)ccc2O)CC1. The number of hydrogen-bond donors (Lipinski definition) is 2. The summed E-state index contributed by atoms with van der Waals surface area (Å²) >= 11 is 0. The Morgan fingerprint density at radius 3 is 2.52 bits per heavy atom. The zero-order chi connectivity index (χ0) is 15.6. The molecule has 1 heterocycles. The van der Waals surface area contributed by atoms with Gasteiger partial charge < -0.3 is 15.7 Å². The van der Waals surface area contributed by atoms with E-state index in [0.29, 0.717) is 32.7 Å². The molecule has 0 radical (unpaired) electrons. The third-order valence-electron chi connectivity index (χ3n) is 4.11. The summed E-state index contributed by atoms with van der Waals surface area (Å²) in [6.45, 7) is 7.20. The topological polar surface area (TPSA) is 69.8 Å². The van der Waals surface area contributed by atoms with E-state index in [1.54, 1.807) is 4.90 Å². The van der Waals surface area contributed by atoms with Gasteiger partial charge in [-0.2, -0.15) is 0 Å². The predicted molar refractivity (Wildman–Crippen MR) is 78.7 cm³/mol. The van der Waals surface area contributed by atoms with Gasteiger partial charge in [0.2, 0.25) is 0 Å². The van der Waals surface area contributed by atoms with Crippen molar-refractivity contribution in [1.82, 2.24) is 9.80 Å². The zero-order valence-corrected chi connectivity index (χ0v) is 12.5. The van der Waals surface area contributed by atoms with E-state index in [-0.39, 0.29) is 22.8 Å². The predicted octanol–water partition coefficient (Wildman–Crippen LogP) is 1.03. The first-order valence-corrected chi connectivity index (χ1v) is 7.08. The standard InChI is InChI=1S/C15H22FN3O2/c1-15(2,10-17)19-7-5-18(6-8-19)14(21)12-9-11(16)3-4-13(12)20/h3-4,9,20H,5-8,10,17H2,1-2H3. The maximum absolute atomic E-state index is 13.2. The minimum atomic E-state index is -0.529. The molecule has 0 aliphatic carbocycles. The Kier molecular flexibility index (Phi) is 4.49. The van der Waals surface area contributed by atoms with Crippen molar-refractivity contribution in [3.8, 4) is 5.75 Å². The van der Waals surface area contributed by atoms with Gasteiger partial charge in [-0.3, -0.25) is 9.69 Å². The van der Waals surface area contributed by atoms with Crippen molar-refractivity contribution < 1.29 is 14.3 Å². The van der Waals surface area contributed by atoms with Gasteiger partial charge >= 0.3 is 0 Å². The van der Waals surface area contributed by atoms with Crippen LogP contribution in [0.2, 0.25) is 0 Å². The molecule has 0 aromatic heterocycles. The minimum Gasteiger partial charge on any atom is -0.507 e. The van der Waals surface area contributed by atoms with Crippen LogP contribution in [0.1, 0.15) is 24.2 Å². The maximum Gasteiger partial charge on any atom is 0.257 e. The molecule has 21 heavy (non-hydrogen) atoms. The van der Waals surface area contributed by atoms with Gasteiger partial charge in [0, 0.05) is 38.3 Å². The number of benzene rings is 1. The molecule has 0 bridgehead atoms. The van der Waals surface area contributed by atoms with Gasteiger partial charge in [-0.05, 0) is 32.0 Å². The van der Waals surface area contributed by atoms with Crippen LogP contribution in [0.4, 0.5) is 4.39 Å². The van der Waals surface area contributed by atoms with Crippen molar-refractivity contribution in [3.63, 3.8) is 0 Å². The van der Waals surface area contributed by atoms with Crippen LogP contribution in [0.5, 0.6) is 5.75 Å². The monoisotopic (exact) mass is 295 g/mol. The van der Waals surface area contributed by atoms with Crippen LogP contribution in [-0.2, 0) is 0 Å². The molecule has 1 amide bonds. The number of hydrogen-bond acceptors (Lipinski definition) is 4. The highest BCUT2D eigenvalue weighted by Gasteiger charge is 2.31. The van der Waals surface area contributed by atoms with Gasteiger partial charge in [-0.25, -0.2) is 4.39 Å². The fraction of sp³-hybridized carbons (Fsp3) is 0.533. The van der Waals surface area contributed by atoms with Crippen LogP contribution >= 0.6 is 0 Å². The maximum atomic E-state index is 13.2. The summed E-state index contributed by atoms with van der Waals surface area (Å²) in [5, 5.41) is 9.71. The second kappa shape index (κ2) is 5.99. The molecule has 1 saturated heterocycles. The molecule has 6 heteroatoms. The summed E-state index contributed by atoms with van der Waals surface area (Å²) in [6, 6.07) is 3.41. The van der Waals surface area contributed by atoms with Gasteiger partial charge in [-0.15, -0.1) is 0 Å². The van der Waals surface area contributed by atoms with E-state index in [9.17, 15) is 14.3 Å². The Morgan fingerprint density at radius 1 is 1.33 bits per heavy atom. The number of phenolic OH excluding ortho intramolecular Hbond substituents is 1. The Hall–Kier alpha value is -1.66. The highest BCUT2D eigenvalue weighted by Crippen LogP contribution is 2.22. The van der Waals surface area contributed by atoms with E-state index in [1.165, 1.54) is 6.07 Å². The van der Waals surface area contributed by atoms with Gasteiger partial charge in [-0.1, -0.05) is 0 Å². The van der Waals surface area contributed by atoms with Crippen molar-refractivity contribution in [2.45, 2.75) is 19.4 Å². The number of carbonyl (C=O) groups is 1. The van der Waals surface area contributed by atoms with E-state index in [2.05, 4.69) is 18.7 Å². The summed E-state index contributed by atoms with van der Waals surface area (Å²) in [4.78, 5) is 16.2. The molecule has 1 aliphatic heterocycles. The third kappa shape index (κ3) is 3.33. The molecule has 5 nitrogen and oxygen atoms in total. The van der Waals surface area contributed by atoms with Crippen LogP contribution in [0.3, 0.4) is 0 Å². The molecule has 116 valence electrons. The summed E-state index contributed by atoms with van der Waals surface area (Å²) in [5.41, 5.74) is 5.68. The molecule has 1 aromatic rings. The molecule has 0 atom stereocenters. The lowest BCUT2D eigenvalue weighted by molar-refractivity contribution is 0.0424. The minimum absolute atomic E-state index is 0.0153. The fourth-order valence-electron chi connectivity index (χ4n) is 2.49. The Balaban J connectivity index is 2.05. The average molecular weight is 295 g/mol. The summed E-state index contributed by atoms with van der Waals surface area (Å²) in [6.07, 6.45) is 0. The van der Waals surface area contributed by atoms with Crippen LogP contribution in [0, 0.1) is 5.82 Å². The van der Waals surface area contributed by atoms with Gasteiger partial charge in [0.05, 0.1) is 5.56 Å². The Labute approximate surface area is 124 Å². The normalized spacial score (nSPS) is 17.0. The molecular formula is C15H22FN3O2. The lowest BCUT2D eigenvalue weighted by atomic mass is 10.0. The highest BCUT2D eigenvalue weighted by molar-refractivity contribution is 5.96. The molecule has 1 aromatic carbocycles. The molecule has 1 aliphatic rings. The molecule has 0 spiro atoms. The summed E-state index contributed by atoms with van der Waals surface area (Å²) < 4.78 is 13.2. The van der Waals surface area contributed by atoms with E-state index < -0.39 is 5.82 Å². The highest BCUT2D eigenvalue weighted by atomic mass is 19.1. The second-order valence-electron chi connectivity index (χ2n) is 5.96. The van der Waals surface area contributed by atoms with Crippen LogP contribution in [0.15, 0.2) is 18.2 Å². The molecular weight excluding hydrogens is 273 g/mol. The van der Waals surface area contributed by atoms with Crippen LogP contribution in [0.25, 0.3) is 0 Å².